The lowest BCUT2D eigenvalue weighted by molar-refractivity contribution is 0.291. The van der Waals surface area contributed by atoms with Crippen LogP contribution in [0.2, 0.25) is 0 Å². The molecule has 0 aliphatic carbocycles. The van der Waals surface area contributed by atoms with Gasteiger partial charge in [-0.2, -0.15) is 5.26 Å². The van der Waals surface area contributed by atoms with Crippen molar-refractivity contribution in [2.45, 2.75) is 6.92 Å². The SMILES string of the molecule is CC(C#N)COc1cccc2cccnc12. The summed E-state index contributed by atoms with van der Waals surface area (Å²) < 4.78 is 5.59. The lowest BCUT2D eigenvalue weighted by atomic mass is 10.2. The number of aromatic nitrogens is 1. The smallest absolute Gasteiger partial charge is 0.145 e. The molecule has 0 bridgehead atoms. The Kier molecular flexibility index (Phi) is 3.02. The summed E-state index contributed by atoms with van der Waals surface area (Å²) in [6.07, 6.45) is 1.74. The topological polar surface area (TPSA) is 45.9 Å². The van der Waals surface area contributed by atoms with Gasteiger partial charge in [-0.25, -0.2) is 0 Å². The molecule has 2 rings (SSSR count). The molecule has 0 aliphatic rings. The molecule has 0 spiro atoms. The Bertz CT molecular complexity index is 525. The fourth-order valence-corrected chi connectivity index (χ4v) is 1.44. The van der Waals surface area contributed by atoms with Crippen LogP contribution in [0, 0.1) is 17.2 Å². The van der Waals surface area contributed by atoms with Crippen molar-refractivity contribution in [2.24, 2.45) is 5.92 Å². The molecule has 1 heterocycles. The van der Waals surface area contributed by atoms with Gasteiger partial charge in [0.1, 0.15) is 17.9 Å². The summed E-state index contributed by atoms with van der Waals surface area (Å²) >= 11 is 0. The van der Waals surface area contributed by atoms with Gasteiger partial charge in [0.2, 0.25) is 0 Å². The Morgan fingerprint density at radius 3 is 3.00 bits per heavy atom. The summed E-state index contributed by atoms with van der Waals surface area (Å²) in [5.74, 6) is 0.624. The number of rotatable bonds is 3. The molecule has 2 aromatic rings. The Balaban J connectivity index is 2.28. The average molecular weight is 212 g/mol. The highest BCUT2D eigenvalue weighted by Crippen LogP contribution is 2.23. The van der Waals surface area contributed by atoms with E-state index in [0.29, 0.717) is 6.61 Å². The highest BCUT2D eigenvalue weighted by molar-refractivity contribution is 5.84. The van der Waals surface area contributed by atoms with E-state index < -0.39 is 0 Å². The zero-order chi connectivity index (χ0) is 11.4. The Hall–Kier alpha value is -2.08. The summed E-state index contributed by atoms with van der Waals surface area (Å²) in [7, 11) is 0. The predicted octanol–water partition coefficient (Wildman–Crippen LogP) is 2.77. The molecule has 3 nitrogen and oxygen atoms in total. The van der Waals surface area contributed by atoms with Gasteiger partial charge in [-0.05, 0) is 19.1 Å². The number of benzene rings is 1. The number of pyridine rings is 1. The van der Waals surface area contributed by atoms with Gasteiger partial charge in [-0.15, -0.1) is 0 Å². The first-order valence-electron chi connectivity index (χ1n) is 5.17. The Morgan fingerprint density at radius 2 is 2.19 bits per heavy atom. The van der Waals surface area contributed by atoms with Crippen molar-refractivity contribution in [3.63, 3.8) is 0 Å². The van der Waals surface area contributed by atoms with Gasteiger partial charge in [-0.3, -0.25) is 4.98 Å². The third-order valence-electron chi connectivity index (χ3n) is 2.30. The van der Waals surface area contributed by atoms with Crippen molar-refractivity contribution < 1.29 is 4.74 Å². The van der Waals surface area contributed by atoms with Crippen LogP contribution >= 0.6 is 0 Å². The fraction of sp³-hybridized carbons (Fsp3) is 0.231. The zero-order valence-corrected chi connectivity index (χ0v) is 9.05. The van der Waals surface area contributed by atoms with Crippen LogP contribution in [0.5, 0.6) is 5.75 Å². The van der Waals surface area contributed by atoms with Gasteiger partial charge in [0, 0.05) is 11.6 Å². The number of nitriles is 1. The first-order chi connectivity index (χ1) is 7.81. The molecular weight excluding hydrogens is 200 g/mol. The van der Waals surface area contributed by atoms with Crippen molar-refractivity contribution in [3.05, 3.63) is 36.5 Å². The maximum absolute atomic E-state index is 8.68. The Morgan fingerprint density at radius 1 is 1.38 bits per heavy atom. The molecule has 0 saturated carbocycles. The first-order valence-corrected chi connectivity index (χ1v) is 5.17. The first kappa shape index (κ1) is 10.4. The van der Waals surface area contributed by atoms with Gasteiger partial charge in [0.15, 0.2) is 0 Å². The number of hydrogen-bond donors (Lipinski definition) is 0. The molecule has 3 heteroatoms. The molecule has 0 fully saturated rings. The predicted molar refractivity (Wildman–Crippen MR) is 62.0 cm³/mol. The molecule has 1 unspecified atom stereocenters. The minimum absolute atomic E-state index is 0.112. The lowest BCUT2D eigenvalue weighted by Gasteiger charge is -2.09. The van der Waals surface area contributed by atoms with Crippen LogP contribution in [0.1, 0.15) is 6.92 Å². The molecule has 0 aliphatic heterocycles. The zero-order valence-electron chi connectivity index (χ0n) is 9.05. The largest absolute Gasteiger partial charge is 0.490 e. The second-order valence-corrected chi connectivity index (χ2v) is 3.67. The van der Waals surface area contributed by atoms with Gasteiger partial charge >= 0.3 is 0 Å². The van der Waals surface area contributed by atoms with Gasteiger partial charge < -0.3 is 4.74 Å². The van der Waals surface area contributed by atoms with Crippen LogP contribution in [0.15, 0.2) is 36.5 Å². The minimum Gasteiger partial charge on any atom is -0.490 e. The maximum Gasteiger partial charge on any atom is 0.145 e. The third kappa shape index (κ3) is 2.12. The number of fused-ring (bicyclic) bond motifs is 1. The Labute approximate surface area is 94.3 Å². The monoisotopic (exact) mass is 212 g/mol. The molecule has 0 saturated heterocycles. The van der Waals surface area contributed by atoms with Crippen molar-refractivity contribution in [3.8, 4) is 11.8 Å². The van der Waals surface area contributed by atoms with E-state index in [-0.39, 0.29) is 5.92 Å². The summed E-state index contributed by atoms with van der Waals surface area (Å²) in [4.78, 5) is 4.28. The van der Waals surface area contributed by atoms with E-state index in [2.05, 4.69) is 11.1 Å². The molecule has 1 aromatic heterocycles. The van der Waals surface area contributed by atoms with Crippen LogP contribution in [0.3, 0.4) is 0 Å². The minimum atomic E-state index is -0.112. The van der Waals surface area contributed by atoms with E-state index in [0.717, 1.165) is 16.7 Å². The quantitative estimate of drug-likeness (QED) is 0.785. The second-order valence-electron chi connectivity index (χ2n) is 3.67. The second kappa shape index (κ2) is 4.63. The third-order valence-corrected chi connectivity index (χ3v) is 2.30. The van der Waals surface area contributed by atoms with Crippen LogP contribution < -0.4 is 4.74 Å². The molecule has 0 radical (unpaired) electrons. The number of para-hydroxylation sites is 1. The maximum atomic E-state index is 8.68. The standard InChI is InChI=1S/C13H12N2O/c1-10(8-14)9-16-12-6-2-4-11-5-3-7-15-13(11)12/h2-7,10H,9H2,1H3. The van der Waals surface area contributed by atoms with Crippen LogP contribution in [0.4, 0.5) is 0 Å². The summed E-state index contributed by atoms with van der Waals surface area (Å²) in [5, 5.41) is 9.73. The van der Waals surface area contributed by atoms with E-state index >= 15 is 0 Å². The number of nitrogens with zero attached hydrogens (tertiary/aromatic N) is 2. The van der Waals surface area contributed by atoms with Crippen molar-refractivity contribution in [2.75, 3.05) is 6.61 Å². The molecule has 80 valence electrons. The van der Waals surface area contributed by atoms with Crippen molar-refractivity contribution >= 4 is 10.9 Å². The van der Waals surface area contributed by atoms with Gasteiger partial charge in [-0.1, -0.05) is 18.2 Å². The van der Waals surface area contributed by atoms with E-state index in [1.165, 1.54) is 0 Å². The van der Waals surface area contributed by atoms with E-state index in [1.807, 2.05) is 37.3 Å². The summed E-state index contributed by atoms with van der Waals surface area (Å²) in [6, 6.07) is 11.8. The number of hydrogen-bond acceptors (Lipinski definition) is 3. The highest BCUT2D eigenvalue weighted by atomic mass is 16.5. The van der Waals surface area contributed by atoms with Crippen LogP contribution in [-0.4, -0.2) is 11.6 Å². The molecular formula is C13H12N2O. The van der Waals surface area contributed by atoms with E-state index in [4.69, 9.17) is 10.00 Å². The lowest BCUT2D eigenvalue weighted by Crippen LogP contribution is -2.06. The molecule has 0 N–H and O–H groups in total. The van der Waals surface area contributed by atoms with Gasteiger partial charge in [0.25, 0.3) is 0 Å². The van der Waals surface area contributed by atoms with E-state index in [1.54, 1.807) is 6.20 Å². The fourth-order valence-electron chi connectivity index (χ4n) is 1.44. The molecule has 1 atom stereocenters. The summed E-state index contributed by atoms with van der Waals surface area (Å²) in [5.41, 5.74) is 0.843. The van der Waals surface area contributed by atoms with Crippen LogP contribution in [-0.2, 0) is 0 Å². The summed E-state index contributed by atoms with van der Waals surface area (Å²) in [6.45, 7) is 2.23. The normalized spacial score (nSPS) is 12.0. The van der Waals surface area contributed by atoms with Crippen LogP contribution in [0.25, 0.3) is 10.9 Å². The molecule has 0 amide bonds. The molecule has 16 heavy (non-hydrogen) atoms. The van der Waals surface area contributed by atoms with Crippen molar-refractivity contribution in [1.29, 1.82) is 5.26 Å². The average Bonchev–Trinajstić information content (AvgIpc) is 2.35. The number of ether oxygens (including phenoxy) is 1. The van der Waals surface area contributed by atoms with Gasteiger partial charge in [0.05, 0.1) is 12.0 Å². The molecule has 1 aromatic carbocycles. The highest BCUT2D eigenvalue weighted by Gasteiger charge is 2.05. The van der Waals surface area contributed by atoms with Crippen molar-refractivity contribution in [1.82, 2.24) is 4.98 Å². The van der Waals surface area contributed by atoms with E-state index in [9.17, 15) is 0 Å².